The fraction of sp³-hybridized carbons (Fsp3) is 0.533. The van der Waals surface area contributed by atoms with Gasteiger partial charge in [0.15, 0.2) is 11.6 Å². The summed E-state index contributed by atoms with van der Waals surface area (Å²) in [6, 6.07) is 4.27. The van der Waals surface area contributed by atoms with Crippen LogP contribution in [0.15, 0.2) is 18.2 Å². The van der Waals surface area contributed by atoms with Crippen molar-refractivity contribution < 1.29 is 18.3 Å². The van der Waals surface area contributed by atoms with E-state index in [4.69, 9.17) is 0 Å². The minimum absolute atomic E-state index is 0.209. The summed E-state index contributed by atoms with van der Waals surface area (Å²) in [5.74, 6) is -1.77. The second-order valence-electron chi connectivity index (χ2n) is 5.16. The zero-order valence-electron chi connectivity index (χ0n) is 12.1. The van der Waals surface area contributed by atoms with Gasteiger partial charge in [-0.05, 0) is 6.07 Å². The highest BCUT2D eigenvalue weighted by atomic mass is 19.2. The molecule has 1 aliphatic heterocycles. The lowest BCUT2D eigenvalue weighted by molar-refractivity contribution is -0.141. The summed E-state index contributed by atoms with van der Waals surface area (Å²) in [5.41, 5.74) is 0.387. The van der Waals surface area contributed by atoms with E-state index in [9.17, 15) is 13.6 Å². The normalized spacial score (nSPS) is 16.9. The van der Waals surface area contributed by atoms with Gasteiger partial charge in [0.1, 0.15) is 0 Å². The Labute approximate surface area is 123 Å². The second kappa shape index (κ2) is 7.47. The minimum Gasteiger partial charge on any atom is -0.469 e. The van der Waals surface area contributed by atoms with Gasteiger partial charge in [-0.1, -0.05) is 12.1 Å². The Morgan fingerprint density at radius 2 is 1.86 bits per heavy atom. The summed E-state index contributed by atoms with van der Waals surface area (Å²) in [6.07, 6.45) is 0.384. The Bertz CT molecular complexity index is 489. The molecule has 0 N–H and O–H groups in total. The highest BCUT2D eigenvalue weighted by molar-refractivity contribution is 5.69. The highest BCUT2D eigenvalue weighted by Gasteiger charge is 2.19. The van der Waals surface area contributed by atoms with Crippen LogP contribution in [0.1, 0.15) is 12.0 Å². The first-order chi connectivity index (χ1) is 10.1. The zero-order valence-corrected chi connectivity index (χ0v) is 12.1. The fourth-order valence-electron chi connectivity index (χ4n) is 2.43. The molecule has 0 bridgehead atoms. The van der Waals surface area contributed by atoms with Crippen LogP contribution in [0.2, 0.25) is 0 Å². The van der Waals surface area contributed by atoms with E-state index in [1.807, 2.05) is 0 Å². The lowest BCUT2D eigenvalue weighted by atomic mass is 10.1. The SMILES string of the molecule is COC(=O)CCN1CCN(Cc2cccc(F)c2F)CC1. The maximum absolute atomic E-state index is 13.6. The van der Waals surface area contributed by atoms with Gasteiger partial charge in [0.2, 0.25) is 0 Å². The first kappa shape index (κ1) is 15.9. The maximum atomic E-state index is 13.6. The summed E-state index contributed by atoms with van der Waals surface area (Å²) in [7, 11) is 1.38. The number of carbonyl (C=O) groups is 1. The summed E-state index contributed by atoms with van der Waals surface area (Å²) >= 11 is 0. The summed E-state index contributed by atoms with van der Waals surface area (Å²) < 4.78 is 31.4. The summed E-state index contributed by atoms with van der Waals surface area (Å²) in [6.45, 7) is 4.26. The third kappa shape index (κ3) is 4.47. The highest BCUT2D eigenvalue weighted by Crippen LogP contribution is 2.15. The number of benzene rings is 1. The van der Waals surface area contributed by atoms with Gasteiger partial charge in [0, 0.05) is 44.8 Å². The molecule has 2 rings (SSSR count). The van der Waals surface area contributed by atoms with Crippen LogP contribution >= 0.6 is 0 Å². The molecule has 0 amide bonds. The molecular weight excluding hydrogens is 278 g/mol. The molecule has 0 radical (unpaired) electrons. The van der Waals surface area contributed by atoms with Crippen LogP contribution in [0, 0.1) is 11.6 Å². The number of halogens is 2. The molecule has 1 aromatic carbocycles. The molecular formula is C15H20F2N2O2. The molecule has 0 saturated carbocycles. The number of nitrogens with zero attached hydrogens (tertiary/aromatic N) is 2. The van der Waals surface area contributed by atoms with Crippen molar-refractivity contribution in [2.45, 2.75) is 13.0 Å². The molecule has 0 atom stereocenters. The van der Waals surface area contributed by atoms with Crippen molar-refractivity contribution in [3.8, 4) is 0 Å². The Kier molecular flexibility index (Phi) is 5.64. The van der Waals surface area contributed by atoms with Gasteiger partial charge in [-0.2, -0.15) is 0 Å². The predicted octanol–water partition coefficient (Wildman–Crippen LogP) is 1.65. The zero-order chi connectivity index (χ0) is 15.2. The van der Waals surface area contributed by atoms with Gasteiger partial charge in [0.25, 0.3) is 0 Å². The number of hydrogen-bond acceptors (Lipinski definition) is 4. The van der Waals surface area contributed by atoms with E-state index in [0.29, 0.717) is 25.1 Å². The van der Waals surface area contributed by atoms with Crippen LogP contribution in [0.4, 0.5) is 8.78 Å². The molecule has 4 nitrogen and oxygen atoms in total. The quantitative estimate of drug-likeness (QED) is 0.774. The smallest absolute Gasteiger partial charge is 0.306 e. The summed E-state index contributed by atoms with van der Waals surface area (Å²) in [5, 5.41) is 0. The van der Waals surface area contributed by atoms with Gasteiger partial charge in [-0.3, -0.25) is 9.69 Å². The minimum atomic E-state index is -0.802. The Morgan fingerprint density at radius 3 is 2.52 bits per heavy atom. The monoisotopic (exact) mass is 298 g/mol. The molecule has 1 fully saturated rings. The predicted molar refractivity (Wildman–Crippen MR) is 74.7 cm³/mol. The van der Waals surface area contributed by atoms with Crippen molar-refractivity contribution in [3.05, 3.63) is 35.4 Å². The van der Waals surface area contributed by atoms with E-state index < -0.39 is 11.6 Å². The number of methoxy groups -OCH3 is 1. The first-order valence-corrected chi connectivity index (χ1v) is 7.04. The fourth-order valence-corrected chi connectivity index (χ4v) is 2.43. The second-order valence-corrected chi connectivity index (χ2v) is 5.16. The Morgan fingerprint density at radius 1 is 1.19 bits per heavy atom. The number of piperazine rings is 1. The van der Waals surface area contributed by atoms with Crippen molar-refractivity contribution in [2.24, 2.45) is 0 Å². The van der Waals surface area contributed by atoms with Crippen LogP contribution < -0.4 is 0 Å². The molecule has 1 aliphatic rings. The molecule has 1 heterocycles. The number of esters is 1. The van der Waals surface area contributed by atoms with Gasteiger partial charge < -0.3 is 9.64 Å². The van der Waals surface area contributed by atoms with E-state index in [1.165, 1.54) is 13.2 Å². The molecule has 116 valence electrons. The molecule has 21 heavy (non-hydrogen) atoms. The molecule has 6 heteroatoms. The van der Waals surface area contributed by atoms with Crippen molar-refractivity contribution in [3.63, 3.8) is 0 Å². The lowest BCUT2D eigenvalue weighted by Gasteiger charge is -2.34. The van der Waals surface area contributed by atoms with Gasteiger partial charge >= 0.3 is 5.97 Å². The molecule has 0 aromatic heterocycles. The van der Waals surface area contributed by atoms with E-state index >= 15 is 0 Å². The average Bonchev–Trinajstić information content (AvgIpc) is 2.51. The standard InChI is InChI=1S/C15H20F2N2O2/c1-21-14(20)5-6-18-7-9-19(10-8-18)11-12-3-2-4-13(16)15(12)17/h2-4H,5-11H2,1H3. The van der Waals surface area contributed by atoms with Gasteiger partial charge in [-0.15, -0.1) is 0 Å². The third-order valence-corrected chi connectivity index (χ3v) is 3.75. The van der Waals surface area contributed by atoms with Gasteiger partial charge in [0.05, 0.1) is 13.5 Å². The topological polar surface area (TPSA) is 32.8 Å². The van der Waals surface area contributed by atoms with Crippen LogP contribution in [0.25, 0.3) is 0 Å². The largest absolute Gasteiger partial charge is 0.469 e. The molecule has 0 spiro atoms. The van der Waals surface area contributed by atoms with Crippen LogP contribution in [0.5, 0.6) is 0 Å². The van der Waals surface area contributed by atoms with E-state index in [0.717, 1.165) is 32.2 Å². The molecule has 1 saturated heterocycles. The average molecular weight is 298 g/mol. The van der Waals surface area contributed by atoms with E-state index in [2.05, 4.69) is 14.5 Å². The number of carbonyl (C=O) groups excluding carboxylic acids is 1. The van der Waals surface area contributed by atoms with Crippen LogP contribution in [0.3, 0.4) is 0 Å². The first-order valence-electron chi connectivity index (χ1n) is 7.04. The number of rotatable bonds is 5. The maximum Gasteiger partial charge on any atom is 0.306 e. The molecule has 0 unspecified atom stereocenters. The number of hydrogen-bond donors (Lipinski definition) is 0. The molecule has 0 aliphatic carbocycles. The molecule has 1 aromatic rings. The van der Waals surface area contributed by atoms with E-state index in [-0.39, 0.29) is 5.97 Å². The Balaban J connectivity index is 1.79. The van der Waals surface area contributed by atoms with E-state index in [1.54, 1.807) is 6.07 Å². The van der Waals surface area contributed by atoms with Crippen molar-refractivity contribution >= 4 is 5.97 Å². The van der Waals surface area contributed by atoms with Crippen LogP contribution in [-0.2, 0) is 16.1 Å². The van der Waals surface area contributed by atoms with Gasteiger partial charge in [-0.25, -0.2) is 8.78 Å². The van der Waals surface area contributed by atoms with Crippen molar-refractivity contribution in [2.75, 3.05) is 39.8 Å². The van der Waals surface area contributed by atoms with Crippen molar-refractivity contribution in [1.82, 2.24) is 9.80 Å². The van der Waals surface area contributed by atoms with Crippen LogP contribution in [-0.4, -0.2) is 55.6 Å². The lowest BCUT2D eigenvalue weighted by Crippen LogP contribution is -2.46. The number of ether oxygens (including phenoxy) is 1. The Hall–Kier alpha value is -1.53. The van der Waals surface area contributed by atoms with Crippen molar-refractivity contribution in [1.29, 1.82) is 0 Å². The summed E-state index contributed by atoms with van der Waals surface area (Å²) in [4.78, 5) is 15.4. The third-order valence-electron chi connectivity index (χ3n) is 3.75.